The maximum atomic E-state index is 13.7. The predicted octanol–water partition coefficient (Wildman–Crippen LogP) is 0.933. The van der Waals surface area contributed by atoms with Gasteiger partial charge in [0.1, 0.15) is 6.10 Å². The van der Waals surface area contributed by atoms with Crippen LogP contribution in [0.15, 0.2) is 0 Å². The molecule has 0 spiro atoms. The van der Waals surface area contributed by atoms with Crippen LogP contribution in [0.4, 0.5) is 17.6 Å². The van der Waals surface area contributed by atoms with Crippen molar-refractivity contribution in [1.82, 2.24) is 0 Å². The summed E-state index contributed by atoms with van der Waals surface area (Å²) in [5, 5.41) is 17.0. The number of aliphatic hydroxyl groups is 1. The second-order valence-corrected chi connectivity index (χ2v) is 4.97. The minimum atomic E-state index is -5.69. The molecular weight excluding hydrogens is 312 g/mol. The summed E-state index contributed by atoms with van der Waals surface area (Å²) in [6, 6.07) is 0. The number of aliphatic hydroxyl groups excluding tert-OH is 1. The number of carbonyl (C=O) groups is 1. The van der Waals surface area contributed by atoms with Gasteiger partial charge in [0.15, 0.2) is 0 Å². The van der Waals surface area contributed by atoms with Gasteiger partial charge in [-0.25, -0.2) is 9.18 Å². The molecule has 1 N–H and O–H groups in total. The second kappa shape index (κ2) is 6.89. The third-order valence-corrected chi connectivity index (χ3v) is 3.48. The zero-order valence-corrected chi connectivity index (χ0v) is 10.7. The summed E-state index contributed by atoms with van der Waals surface area (Å²) in [6.07, 6.45) is -6.59. The number of alkyl halides is 4. The smallest absolute Gasteiger partial charge is 0.446 e. The average molecular weight is 323 g/mol. The van der Waals surface area contributed by atoms with Crippen molar-refractivity contribution in [2.75, 3.05) is 0 Å². The molecule has 0 aromatic heterocycles. The van der Waals surface area contributed by atoms with Gasteiger partial charge in [0.05, 0.1) is 18.1 Å². The van der Waals surface area contributed by atoms with E-state index in [1.54, 1.807) is 0 Å². The molecule has 20 heavy (non-hydrogen) atoms. The van der Waals surface area contributed by atoms with Crippen LogP contribution in [0.1, 0.15) is 25.7 Å². The van der Waals surface area contributed by atoms with Crippen molar-refractivity contribution in [1.29, 1.82) is 0 Å². The van der Waals surface area contributed by atoms with E-state index in [4.69, 9.17) is 0 Å². The first-order valence-electron chi connectivity index (χ1n) is 5.51. The van der Waals surface area contributed by atoms with Gasteiger partial charge in [0.2, 0.25) is 0 Å². The van der Waals surface area contributed by atoms with Crippen LogP contribution in [0.3, 0.4) is 0 Å². The molecule has 1 aliphatic rings. The lowest BCUT2D eigenvalue weighted by Crippen LogP contribution is -2.49. The molecule has 0 amide bonds. The number of carbonyl (C=O) groups excluding carboxylic acids is 1. The Hall–Kier alpha value is -0.620. The van der Waals surface area contributed by atoms with Gasteiger partial charge in [-0.05, 0) is 19.3 Å². The van der Waals surface area contributed by atoms with E-state index in [0.717, 1.165) is 0 Å². The van der Waals surface area contributed by atoms with E-state index in [1.165, 1.54) is 0 Å². The largest absolute Gasteiger partial charge is 0.691 e. The Labute approximate surface area is 115 Å². The summed E-state index contributed by atoms with van der Waals surface area (Å²) in [4.78, 5) is 11.3. The van der Waals surface area contributed by atoms with Crippen LogP contribution >= 0.6 is 12.0 Å². The highest BCUT2D eigenvalue weighted by Gasteiger charge is 2.66. The van der Waals surface area contributed by atoms with Crippen LogP contribution in [0.5, 0.6) is 0 Å². The Morgan fingerprint density at radius 2 is 1.85 bits per heavy atom. The average Bonchev–Trinajstić information content (AvgIpc) is 2.37. The van der Waals surface area contributed by atoms with Crippen molar-refractivity contribution in [3.63, 3.8) is 0 Å². The molecular formula is C9H11F4O6S-. The summed E-state index contributed by atoms with van der Waals surface area (Å²) in [6.45, 7) is 0. The van der Waals surface area contributed by atoms with Crippen molar-refractivity contribution in [2.24, 2.45) is 0 Å². The molecule has 0 aromatic rings. The maximum absolute atomic E-state index is 13.7. The van der Waals surface area contributed by atoms with Gasteiger partial charge < -0.3 is 15.1 Å². The maximum Gasteiger partial charge on any atom is 0.446 e. The van der Waals surface area contributed by atoms with E-state index >= 15 is 0 Å². The van der Waals surface area contributed by atoms with Crippen LogP contribution in [0.25, 0.3) is 0 Å². The molecule has 11 heteroatoms. The number of rotatable bonds is 5. The molecule has 0 aliphatic heterocycles. The van der Waals surface area contributed by atoms with Crippen LogP contribution in [0.2, 0.25) is 0 Å². The van der Waals surface area contributed by atoms with Gasteiger partial charge in [-0.1, -0.05) is 6.42 Å². The Morgan fingerprint density at radius 1 is 1.25 bits per heavy atom. The van der Waals surface area contributed by atoms with Crippen molar-refractivity contribution < 1.29 is 46.8 Å². The third-order valence-electron chi connectivity index (χ3n) is 2.73. The molecule has 3 unspecified atom stereocenters. The normalized spacial score (nSPS) is 26.9. The first-order valence-corrected chi connectivity index (χ1v) is 6.25. The van der Waals surface area contributed by atoms with Crippen molar-refractivity contribution in [3.05, 3.63) is 0 Å². The van der Waals surface area contributed by atoms with Gasteiger partial charge in [0.25, 0.3) is 0 Å². The molecule has 0 aromatic carbocycles. The van der Waals surface area contributed by atoms with E-state index in [2.05, 4.69) is 14.1 Å². The van der Waals surface area contributed by atoms with E-state index < -0.39 is 41.4 Å². The molecule has 0 heterocycles. The molecule has 3 atom stereocenters. The van der Waals surface area contributed by atoms with Gasteiger partial charge in [0, 0.05) is 0 Å². The highest BCUT2D eigenvalue weighted by molar-refractivity contribution is 7.96. The number of ether oxygens (including phenoxy) is 1. The fourth-order valence-electron chi connectivity index (χ4n) is 1.69. The Bertz CT molecular complexity index is 341. The molecule has 1 saturated carbocycles. The Morgan fingerprint density at radius 3 is 2.35 bits per heavy atom. The van der Waals surface area contributed by atoms with Crippen molar-refractivity contribution in [2.45, 2.75) is 49.1 Å². The molecule has 0 bridgehead atoms. The molecule has 0 radical (unpaired) electrons. The van der Waals surface area contributed by atoms with Crippen molar-refractivity contribution in [3.8, 4) is 0 Å². The first kappa shape index (κ1) is 17.4. The van der Waals surface area contributed by atoms with Crippen LogP contribution in [0, 0.1) is 0 Å². The second-order valence-electron chi connectivity index (χ2n) is 4.11. The SMILES string of the molecule is O=C(OC1CCCCC1O)C(F)(SOO[O-])C(F)(F)F. The quantitative estimate of drug-likeness (QED) is 0.265. The Kier molecular flexibility index (Phi) is 6.01. The lowest BCUT2D eigenvalue weighted by molar-refractivity contribution is -0.777. The van der Waals surface area contributed by atoms with Crippen LogP contribution < -0.4 is 5.26 Å². The fourth-order valence-corrected chi connectivity index (χ4v) is 2.02. The molecule has 1 aliphatic carbocycles. The highest BCUT2D eigenvalue weighted by Crippen LogP contribution is 2.45. The monoisotopic (exact) mass is 323 g/mol. The van der Waals surface area contributed by atoms with Crippen LogP contribution in [-0.4, -0.2) is 34.5 Å². The number of halogens is 4. The standard InChI is InChI=1S/C9H12F4O6S/c10-8(9(11,12)13,20-19-18-16)7(15)17-6-4-2-1-3-5(6)14/h5-6,14,16H,1-4H2/p-1. The zero-order valence-electron chi connectivity index (χ0n) is 9.89. The van der Waals surface area contributed by atoms with E-state index in [9.17, 15) is 32.7 Å². The summed E-state index contributed by atoms with van der Waals surface area (Å²) < 4.78 is 58.9. The Balaban J connectivity index is 2.77. The lowest BCUT2D eigenvalue weighted by atomic mass is 9.95. The molecule has 6 nitrogen and oxygen atoms in total. The molecule has 118 valence electrons. The van der Waals surface area contributed by atoms with E-state index in [-0.39, 0.29) is 12.8 Å². The topological polar surface area (TPSA) is 88.1 Å². The van der Waals surface area contributed by atoms with E-state index in [1.807, 2.05) is 0 Å². The fraction of sp³-hybridized carbons (Fsp3) is 0.889. The highest BCUT2D eigenvalue weighted by atomic mass is 32.2. The number of hydrogen-bond acceptors (Lipinski definition) is 7. The molecule has 1 fully saturated rings. The first-order chi connectivity index (χ1) is 9.22. The van der Waals surface area contributed by atoms with Gasteiger partial charge >= 0.3 is 17.1 Å². The predicted molar refractivity (Wildman–Crippen MR) is 54.0 cm³/mol. The third kappa shape index (κ3) is 3.95. The summed E-state index contributed by atoms with van der Waals surface area (Å²) >= 11 is -1.15. The van der Waals surface area contributed by atoms with Gasteiger partial charge in [-0.3, -0.25) is 5.04 Å². The summed E-state index contributed by atoms with van der Waals surface area (Å²) in [5.41, 5.74) is 0. The molecule has 0 saturated heterocycles. The van der Waals surface area contributed by atoms with Gasteiger partial charge in [-0.2, -0.15) is 17.5 Å². The number of esters is 1. The zero-order chi connectivity index (χ0) is 15.4. The summed E-state index contributed by atoms with van der Waals surface area (Å²) in [7, 11) is 0. The minimum absolute atomic E-state index is 0.115. The van der Waals surface area contributed by atoms with Crippen molar-refractivity contribution >= 4 is 18.0 Å². The van der Waals surface area contributed by atoms with Gasteiger partial charge in [-0.15, -0.1) is 0 Å². The molecule has 1 rings (SSSR count). The lowest BCUT2D eigenvalue weighted by Gasteiger charge is -2.30. The summed E-state index contributed by atoms with van der Waals surface area (Å²) in [5.74, 6) is -2.31. The number of hydrogen-bond donors (Lipinski definition) is 1. The van der Waals surface area contributed by atoms with Crippen LogP contribution in [-0.2, 0) is 18.9 Å². The van der Waals surface area contributed by atoms with E-state index in [0.29, 0.717) is 12.8 Å². The minimum Gasteiger partial charge on any atom is -0.691 e.